The minimum Gasteiger partial charge on any atom is -0.449 e. The number of nitrogens with zero attached hydrogens (tertiary/aromatic N) is 2. The van der Waals surface area contributed by atoms with E-state index in [1.807, 2.05) is 62.4 Å². The number of aromatic nitrogens is 1. The van der Waals surface area contributed by atoms with Crippen molar-refractivity contribution in [2.24, 2.45) is 0 Å². The molecule has 6 nitrogen and oxygen atoms in total. The van der Waals surface area contributed by atoms with Gasteiger partial charge in [-0.05, 0) is 43.7 Å². The average Bonchev–Trinajstić information content (AvgIpc) is 2.80. The van der Waals surface area contributed by atoms with Gasteiger partial charge in [0.05, 0.1) is 11.1 Å². The van der Waals surface area contributed by atoms with Gasteiger partial charge in [0.2, 0.25) is 0 Å². The third kappa shape index (κ3) is 4.50. The van der Waals surface area contributed by atoms with Gasteiger partial charge in [0, 0.05) is 41.8 Å². The van der Waals surface area contributed by atoms with Crippen LogP contribution in [0, 0.1) is 6.92 Å². The summed E-state index contributed by atoms with van der Waals surface area (Å²) < 4.78 is 5.80. The van der Waals surface area contributed by atoms with Crippen molar-refractivity contribution >= 4 is 28.5 Å². The molecule has 1 aliphatic rings. The lowest BCUT2D eigenvalue weighted by molar-refractivity contribution is -0.124. The fourth-order valence-corrected chi connectivity index (χ4v) is 4.21. The highest BCUT2D eigenvalue weighted by molar-refractivity contribution is 6.06. The van der Waals surface area contributed by atoms with Crippen LogP contribution in [0.5, 0.6) is 0 Å². The van der Waals surface area contributed by atoms with Crippen molar-refractivity contribution in [2.45, 2.75) is 46.3 Å². The van der Waals surface area contributed by atoms with Crippen molar-refractivity contribution in [3.05, 3.63) is 70.9 Å². The predicted octanol–water partition coefficient (Wildman–Crippen LogP) is 4.50. The monoisotopic (exact) mass is 431 g/mol. The van der Waals surface area contributed by atoms with Crippen LogP contribution in [0.4, 0.5) is 5.69 Å². The smallest absolute Gasteiger partial charge is 0.340 e. The van der Waals surface area contributed by atoms with Gasteiger partial charge in [-0.25, -0.2) is 4.79 Å². The van der Waals surface area contributed by atoms with Gasteiger partial charge in [-0.3, -0.25) is 14.7 Å². The molecule has 32 heavy (non-hydrogen) atoms. The third-order valence-corrected chi connectivity index (χ3v) is 5.97. The number of fused-ring (bicyclic) bond motifs is 2. The first-order chi connectivity index (χ1) is 15.5. The van der Waals surface area contributed by atoms with Crippen LogP contribution in [-0.2, 0) is 22.5 Å². The summed E-state index contributed by atoms with van der Waals surface area (Å²) in [6.07, 6.45) is 0.297. The summed E-state index contributed by atoms with van der Waals surface area (Å²) in [5.74, 6) is -0.794. The van der Waals surface area contributed by atoms with Crippen LogP contribution >= 0.6 is 0 Å². The molecule has 0 radical (unpaired) electrons. The summed E-state index contributed by atoms with van der Waals surface area (Å²) >= 11 is 0. The summed E-state index contributed by atoms with van der Waals surface area (Å²) in [5, 5.41) is 3.64. The summed E-state index contributed by atoms with van der Waals surface area (Å²) in [6, 6.07) is 15.2. The van der Waals surface area contributed by atoms with Crippen molar-refractivity contribution in [1.82, 2.24) is 9.88 Å². The quantitative estimate of drug-likeness (QED) is 0.582. The molecule has 1 atom stereocenters. The lowest BCUT2D eigenvalue weighted by atomic mass is 9.95. The molecular formula is C26H29N3O3. The Morgan fingerprint density at radius 3 is 2.72 bits per heavy atom. The maximum Gasteiger partial charge on any atom is 0.340 e. The lowest BCUT2D eigenvalue weighted by Gasteiger charge is -2.29. The van der Waals surface area contributed by atoms with E-state index in [4.69, 9.17) is 9.72 Å². The Morgan fingerprint density at radius 2 is 1.97 bits per heavy atom. The first kappa shape index (κ1) is 22.0. The molecule has 1 aliphatic heterocycles. The fourth-order valence-electron chi connectivity index (χ4n) is 4.21. The Kier molecular flexibility index (Phi) is 6.51. The van der Waals surface area contributed by atoms with E-state index in [1.54, 1.807) is 0 Å². The van der Waals surface area contributed by atoms with Gasteiger partial charge in [0.25, 0.3) is 5.91 Å². The number of aryl methyl sites for hydroxylation is 1. The highest BCUT2D eigenvalue weighted by Crippen LogP contribution is 2.29. The Morgan fingerprint density at radius 1 is 1.16 bits per heavy atom. The lowest BCUT2D eigenvalue weighted by Crippen LogP contribution is -2.35. The molecular weight excluding hydrogens is 402 g/mol. The second kappa shape index (κ2) is 9.49. The number of amides is 1. The molecule has 0 bridgehead atoms. The maximum absolute atomic E-state index is 13.5. The first-order valence-electron chi connectivity index (χ1n) is 11.2. The number of hydrogen-bond donors (Lipinski definition) is 1. The third-order valence-electron chi connectivity index (χ3n) is 5.97. The number of esters is 1. The molecule has 1 N–H and O–H groups in total. The van der Waals surface area contributed by atoms with Crippen LogP contribution in [0.3, 0.4) is 0 Å². The van der Waals surface area contributed by atoms with Crippen LogP contribution in [-0.4, -0.2) is 41.0 Å². The number of carbonyl (C=O) groups is 2. The van der Waals surface area contributed by atoms with E-state index in [0.29, 0.717) is 24.2 Å². The van der Waals surface area contributed by atoms with E-state index in [9.17, 15) is 9.59 Å². The largest absolute Gasteiger partial charge is 0.449 e. The van der Waals surface area contributed by atoms with E-state index in [-0.39, 0.29) is 5.91 Å². The molecule has 166 valence electrons. The standard InChI is InChI=1S/C26H29N3O3/c1-4-23(25(30)27-18-10-8-9-17(3)15-18)32-26(31)24-19-11-6-7-12-21(19)28-22-13-14-29(5-2)16-20(22)24/h6-12,15,23H,4-5,13-14,16H2,1-3H3,(H,27,30). The molecule has 2 aromatic carbocycles. The molecule has 4 rings (SSSR count). The molecule has 1 amide bonds. The summed E-state index contributed by atoms with van der Waals surface area (Å²) in [7, 11) is 0. The van der Waals surface area contributed by atoms with Gasteiger partial charge in [0.1, 0.15) is 0 Å². The molecule has 1 unspecified atom stereocenters. The van der Waals surface area contributed by atoms with Gasteiger partial charge in [0.15, 0.2) is 6.10 Å². The number of anilines is 1. The molecule has 3 aromatic rings. The normalized spacial score (nSPS) is 14.6. The number of rotatable bonds is 6. The summed E-state index contributed by atoms with van der Waals surface area (Å²) in [6.45, 7) is 8.38. The topological polar surface area (TPSA) is 71.5 Å². The highest BCUT2D eigenvalue weighted by atomic mass is 16.5. The molecule has 2 heterocycles. The number of carbonyl (C=O) groups excluding carboxylic acids is 2. The molecule has 6 heteroatoms. The van der Waals surface area contributed by atoms with Crippen molar-refractivity contribution in [3.63, 3.8) is 0 Å². The van der Waals surface area contributed by atoms with Crippen molar-refractivity contribution < 1.29 is 14.3 Å². The Bertz CT molecular complexity index is 1160. The van der Waals surface area contributed by atoms with Crippen molar-refractivity contribution in [1.29, 1.82) is 0 Å². The van der Waals surface area contributed by atoms with Crippen LogP contribution in [0.15, 0.2) is 48.5 Å². The van der Waals surface area contributed by atoms with Crippen LogP contribution < -0.4 is 5.32 Å². The molecule has 0 saturated carbocycles. The van der Waals surface area contributed by atoms with E-state index < -0.39 is 12.1 Å². The average molecular weight is 432 g/mol. The van der Waals surface area contributed by atoms with Crippen LogP contribution in [0.25, 0.3) is 10.9 Å². The van der Waals surface area contributed by atoms with E-state index in [2.05, 4.69) is 17.1 Å². The Balaban J connectivity index is 1.64. The van der Waals surface area contributed by atoms with Crippen molar-refractivity contribution in [2.75, 3.05) is 18.4 Å². The minimum atomic E-state index is -0.878. The summed E-state index contributed by atoms with van der Waals surface area (Å²) in [4.78, 5) is 33.4. The van der Waals surface area contributed by atoms with Gasteiger partial charge in [-0.15, -0.1) is 0 Å². The zero-order valence-electron chi connectivity index (χ0n) is 18.9. The zero-order valence-corrected chi connectivity index (χ0v) is 18.9. The van der Waals surface area contributed by atoms with Crippen molar-refractivity contribution in [3.8, 4) is 0 Å². The van der Waals surface area contributed by atoms with E-state index in [1.165, 1.54) is 0 Å². The van der Waals surface area contributed by atoms with Gasteiger partial charge in [-0.2, -0.15) is 0 Å². The Hall–Kier alpha value is -3.25. The number of nitrogens with one attached hydrogen (secondary N) is 1. The minimum absolute atomic E-state index is 0.325. The second-order valence-electron chi connectivity index (χ2n) is 8.21. The molecule has 0 saturated heterocycles. The number of hydrogen-bond acceptors (Lipinski definition) is 5. The van der Waals surface area contributed by atoms with Crippen LogP contribution in [0.1, 0.15) is 47.4 Å². The SMILES string of the molecule is CCC(OC(=O)c1c2c(nc3ccccc13)CCN(CC)C2)C(=O)Nc1cccc(C)c1. The maximum atomic E-state index is 13.5. The molecule has 0 aliphatic carbocycles. The molecule has 0 fully saturated rings. The fraction of sp³-hybridized carbons (Fsp3) is 0.346. The number of likely N-dealkylation sites (N-methyl/N-ethyl adjacent to an activating group) is 1. The molecule has 1 aromatic heterocycles. The number of ether oxygens (including phenoxy) is 1. The zero-order chi connectivity index (χ0) is 22.7. The number of pyridine rings is 1. The van der Waals surface area contributed by atoms with E-state index in [0.717, 1.165) is 47.2 Å². The van der Waals surface area contributed by atoms with Gasteiger partial charge >= 0.3 is 5.97 Å². The Labute approximate surface area is 188 Å². The van der Waals surface area contributed by atoms with Gasteiger partial charge < -0.3 is 10.1 Å². The summed E-state index contributed by atoms with van der Waals surface area (Å²) in [5.41, 5.74) is 4.90. The van der Waals surface area contributed by atoms with E-state index >= 15 is 0 Å². The molecule has 0 spiro atoms. The van der Waals surface area contributed by atoms with Gasteiger partial charge in [-0.1, -0.05) is 44.2 Å². The predicted molar refractivity (Wildman–Crippen MR) is 126 cm³/mol. The van der Waals surface area contributed by atoms with Crippen LogP contribution in [0.2, 0.25) is 0 Å². The second-order valence-corrected chi connectivity index (χ2v) is 8.21. The number of para-hydroxylation sites is 1. The number of benzene rings is 2. The highest BCUT2D eigenvalue weighted by Gasteiger charge is 2.29. The first-order valence-corrected chi connectivity index (χ1v) is 11.2.